The van der Waals surface area contributed by atoms with Gasteiger partial charge >= 0.3 is 0 Å². The largest absolute Gasteiger partial charge is 0.366 e. The van der Waals surface area contributed by atoms with Crippen molar-refractivity contribution in [3.63, 3.8) is 0 Å². The Morgan fingerprint density at radius 2 is 2.04 bits per heavy atom. The fraction of sp³-hybridized carbons (Fsp3) is 0.438. The molecule has 2 N–H and O–H groups in total. The summed E-state index contributed by atoms with van der Waals surface area (Å²) >= 11 is 0. The fourth-order valence-electron chi connectivity index (χ4n) is 3.31. The van der Waals surface area contributed by atoms with Crippen LogP contribution in [0.25, 0.3) is 0 Å². The van der Waals surface area contributed by atoms with E-state index in [1.54, 1.807) is 0 Å². The summed E-state index contributed by atoms with van der Waals surface area (Å²) < 4.78 is 24.8. The molecule has 0 unspecified atom stereocenters. The van der Waals surface area contributed by atoms with Crippen molar-refractivity contribution in [2.24, 2.45) is 5.14 Å². The van der Waals surface area contributed by atoms with Crippen molar-refractivity contribution >= 4 is 21.4 Å². The van der Waals surface area contributed by atoms with E-state index in [0.29, 0.717) is 24.7 Å². The highest BCUT2D eigenvalue weighted by Gasteiger charge is 2.27. The normalized spacial score (nSPS) is 16.0. The van der Waals surface area contributed by atoms with Crippen LogP contribution in [0, 0.1) is 10.1 Å². The Labute approximate surface area is 151 Å². The molecule has 0 bridgehead atoms. The van der Waals surface area contributed by atoms with E-state index < -0.39 is 14.9 Å². The lowest BCUT2D eigenvalue weighted by atomic mass is 9.91. The lowest BCUT2D eigenvalue weighted by molar-refractivity contribution is -0.384. The highest BCUT2D eigenvalue weighted by molar-refractivity contribution is 7.89. The second kappa shape index (κ2) is 7.04. The summed E-state index contributed by atoms with van der Waals surface area (Å²) in [6.07, 6.45) is 5.63. The van der Waals surface area contributed by atoms with Gasteiger partial charge in [-0.15, -0.1) is 0 Å². The number of nitro benzene ring substituents is 1. The molecule has 0 atom stereocenters. The average Bonchev–Trinajstić information content (AvgIpc) is 3.10. The Balaban J connectivity index is 1.79. The van der Waals surface area contributed by atoms with Gasteiger partial charge in [-0.1, -0.05) is 0 Å². The number of anilines is 1. The first-order valence-corrected chi connectivity index (χ1v) is 9.92. The Hall–Kier alpha value is -2.46. The van der Waals surface area contributed by atoms with Crippen LogP contribution in [-0.2, 0) is 16.6 Å². The molecule has 2 heterocycles. The third kappa shape index (κ3) is 3.70. The van der Waals surface area contributed by atoms with Crippen molar-refractivity contribution in [1.82, 2.24) is 9.78 Å². The summed E-state index contributed by atoms with van der Waals surface area (Å²) in [5.74, 6) is 0.370. The fourth-order valence-corrected chi connectivity index (χ4v) is 3.84. The molecule has 0 spiro atoms. The number of aryl methyl sites for hydroxylation is 1. The van der Waals surface area contributed by atoms with E-state index in [0.717, 1.165) is 25.5 Å². The van der Waals surface area contributed by atoms with Crippen molar-refractivity contribution in [3.05, 3.63) is 46.3 Å². The van der Waals surface area contributed by atoms with E-state index >= 15 is 0 Å². The topological polar surface area (TPSA) is 124 Å². The number of nitro groups is 1. The molecule has 9 nitrogen and oxygen atoms in total. The number of nitrogens with zero attached hydrogens (tertiary/aromatic N) is 4. The standard InChI is InChI=1S/C16H21N5O4S/c1-2-20-11-13(10-18-20)12-5-7-19(8-6-12)15-4-3-14(26(17,24)25)9-16(15)21(22)23/h3-4,9-12H,2,5-8H2,1H3,(H2,17,24,25). The zero-order chi connectivity index (χ0) is 18.9. The van der Waals surface area contributed by atoms with Crippen molar-refractivity contribution < 1.29 is 13.3 Å². The van der Waals surface area contributed by atoms with Crippen LogP contribution in [0.3, 0.4) is 0 Å². The summed E-state index contributed by atoms with van der Waals surface area (Å²) in [4.78, 5) is 12.5. The lowest BCUT2D eigenvalue weighted by Gasteiger charge is -2.33. The van der Waals surface area contributed by atoms with E-state index in [1.807, 2.05) is 28.9 Å². The molecule has 10 heteroatoms. The van der Waals surface area contributed by atoms with Gasteiger partial charge in [0.15, 0.2) is 0 Å². The molecule has 1 aromatic carbocycles. The molecule has 0 amide bonds. The van der Waals surface area contributed by atoms with Crippen LogP contribution in [0.5, 0.6) is 0 Å². The van der Waals surface area contributed by atoms with Gasteiger partial charge in [-0.2, -0.15) is 5.10 Å². The smallest absolute Gasteiger partial charge is 0.293 e. The van der Waals surface area contributed by atoms with E-state index in [2.05, 4.69) is 5.10 Å². The molecule has 140 valence electrons. The summed E-state index contributed by atoms with van der Waals surface area (Å²) in [5.41, 5.74) is 1.37. The molecule has 26 heavy (non-hydrogen) atoms. The predicted molar refractivity (Wildman–Crippen MR) is 96.6 cm³/mol. The minimum absolute atomic E-state index is 0.242. The predicted octanol–water partition coefficient (Wildman–Crippen LogP) is 1.84. The van der Waals surface area contributed by atoms with E-state index in [9.17, 15) is 18.5 Å². The van der Waals surface area contributed by atoms with Gasteiger partial charge in [0.1, 0.15) is 5.69 Å². The summed E-state index contributed by atoms with van der Waals surface area (Å²) in [5, 5.41) is 20.8. The number of rotatable bonds is 5. The molecule has 0 aliphatic carbocycles. The maximum absolute atomic E-state index is 11.5. The molecule has 0 saturated carbocycles. The van der Waals surface area contributed by atoms with Gasteiger partial charge in [0.05, 0.1) is 16.0 Å². The van der Waals surface area contributed by atoms with Crippen molar-refractivity contribution in [2.75, 3.05) is 18.0 Å². The monoisotopic (exact) mass is 379 g/mol. The second-order valence-electron chi connectivity index (χ2n) is 6.34. The van der Waals surface area contributed by atoms with Crippen LogP contribution >= 0.6 is 0 Å². The van der Waals surface area contributed by atoms with E-state index in [1.165, 1.54) is 17.7 Å². The maximum Gasteiger partial charge on any atom is 0.293 e. The third-order valence-corrected chi connectivity index (χ3v) is 5.67. The molecule has 1 aliphatic heterocycles. The van der Waals surface area contributed by atoms with E-state index in [-0.39, 0.29) is 10.6 Å². The zero-order valence-electron chi connectivity index (χ0n) is 14.4. The van der Waals surface area contributed by atoms with Crippen molar-refractivity contribution in [3.8, 4) is 0 Å². The lowest BCUT2D eigenvalue weighted by Crippen LogP contribution is -2.33. The Kier molecular flexibility index (Phi) is 4.97. The summed E-state index contributed by atoms with van der Waals surface area (Å²) in [6, 6.07) is 3.81. The molecule has 1 fully saturated rings. The van der Waals surface area contributed by atoms with Crippen molar-refractivity contribution in [2.45, 2.75) is 37.1 Å². The number of sulfonamides is 1. The van der Waals surface area contributed by atoms with Gasteiger partial charge in [-0.25, -0.2) is 13.6 Å². The third-order valence-electron chi connectivity index (χ3n) is 4.76. The van der Waals surface area contributed by atoms with Gasteiger partial charge in [0.2, 0.25) is 10.0 Å². The Morgan fingerprint density at radius 3 is 2.58 bits per heavy atom. The van der Waals surface area contributed by atoms with E-state index in [4.69, 9.17) is 5.14 Å². The molecule has 1 aliphatic rings. The minimum Gasteiger partial charge on any atom is -0.366 e. The van der Waals surface area contributed by atoms with Crippen LogP contribution in [0.4, 0.5) is 11.4 Å². The van der Waals surface area contributed by atoms with Gasteiger partial charge in [0, 0.05) is 31.9 Å². The zero-order valence-corrected chi connectivity index (χ0v) is 15.2. The number of hydrogen-bond donors (Lipinski definition) is 1. The van der Waals surface area contributed by atoms with Crippen LogP contribution in [0.1, 0.15) is 31.2 Å². The average molecular weight is 379 g/mol. The molecular weight excluding hydrogens is 358 g/mol. The number of hydrogen-bond acceptors (Lipinski definition) is 6. The van der Waals surface area contributed by atoms with Crippen LogP contribution < -0.4 is 10.0 Å². The Morgan fingerprint density at radius 1 is 1.35 bits per heavy atom. The SMILES string of the molecule is CCn1cc(C2CCN(c3ccc(S(N)(=O)=O)cc3[N+](=O)[O-])CC2)cn1. The summed E-state index contributed by atoms with van der Waals surface area (Å²) in [7, 11) is -3.98. The minimum atomic E-state index is -3.98. The first-order chi connectivity index (χ1) is 12.3. The number of nitrogens with two attached hydrogens (primary N) is 1. The van der Waals surface area contributed by atoms with Gasteiger partial charge < -0.3 is 4.90 Å². The van der Waals surface area contributed by atoms with Gasteiger partial charge in [-0.3, -0.25) is 14.8 Å². The quantitative estimate of drug-likeness (QED) is 0.624. The van der Waals surface area contributed by atoms with Crippen LogP contribution in [0.2, 0.25) is 0 Å². The molecule has 2 aromatic rings. The molecule has 1 aromatic heterocycles. The molecule has 3 rings (SSSR count). The molecule has 1 saturated heterocycles. The summed E-state index contributed by atoms with van der Waals surface area (Å²) in [6.45, 7) is 4.15. The molecular formula is C16H21N5O4S. The van der Waals surface area contributed by atoms with Crippen molar-refractivity contribution in [1.29, 1.82) is 0 Å². The highest BCUT2D eigenvalue weighted by Crippen LogP contribution is 2.35. The first-order valence-electron chi connectivity index (χ1n) is 8.38. The van der Waals surface area contributed by atoms with Crippen LogP contribution in [0.15, 0.2) is 35.5 Å². The number of primary sulfonamides is 1. The van der Waals surface area contributed by atoms with Crippen LogP contribution in [-0.4, -0.2) is 36.2 Å². The number of aromatic nitrogens is 2. The Bertz CT molecular complexity index is 916. The maximum atomic E-state index is 11.5. The molecule has 0 radical (unpaired) electrons. The number of benzene rings is 1. The number of piperidine rings is 1. The highest BCUT2D eigenvalue weighted by atomic mass is 32.2. The van der Waals surface area contributed by atoms with Gasteiger partial charge in [-0.05, 0) is 43.4 Å². The first kappa shape index (κ1) is 18.3. The second-order valence-corrected chi connectivity index (χ2v) is 7.90. The van der Waals surface area contributed by atoms with Gasteiger partial charge in [0.25, 0.3) is 5.69 Å².